The molecule has 19 heteroatoms. The van der Waals surface area contributed by atoms with Gasteiger partial charge in [-0.25, -0.2) is 18.4 Å². The highest BCUT2D eigenvalue weighted by Gasteiger charge is 2.62. The lowest BCUT2D eigenvalue weighted by Crippen LogP contribution is -2.58. The van der Waals surface area contributed by atoms with Crippen molar-refractivity contribution in [3.8, 4) is 17.4 Å². The number of methoxy groups -OCH3 is 1. The molecule has 0 radical (unpaired) electrons. The number of sulfonamides is 1. The van der Waals surface area contributed by atoms with Crippen LogP contribution in [0.15, 0.2) is 35.5 Å². The molecule has 16 nitrogen and oxygen atoms in total. The Balaban J connectivity index is 1.22. The fraction of sp³-hybridized carbons (Fsp3) is 0.600. The number of hydrogen-bond donors (Lipinski definition) is 3. The molecule has 2 aromatic rings. The summed E-state index contributed by atoms with van der Waals surface area (Å²) in [6, 6.07) is 2.84. The van der Waals surface area contributed by atoms with E-state index in [0.29, 0.717) is 65.9 Å². The van der Waals surface area contributed by atoms with Crippen LogP contribution < -0.4 is 29.6 Å². The number of carbonyl (C=O) groups excluding carboxylic acids is 4. The number of carbonyl (C=O) groups is 4. The van der Waals surface area contributed by atoms with Crippen molar-refractivity contribution in [3.63, 3.8) is 0 Å². The zero-order valence-electron chi connectivity index (χ0n) is 33.5. The predicted molar refractivity (Wildman–Crippen MR) is 211 cm³/mol. The smallest absolute Gasteiger partial charge is 0.329 e. The highest BCUT2D eigenvalue weighted by atomic mass is 32.2. The number of pyridine rings is 1. The molecule has 3 aliphatic heterocycles. The van der Waals surface area contributed by atoms with Crippen LogP contribution in [0.5, 0.6) is 17.4 Å². The molecule has 4 heterocycles. The highest BCUT2D eigenvalue weighted by molar-refractivity contribution is 7.91. The zero-order valence-corrected chi connectivity index (χ0v) is 34.4. The number of rotatable bonds is 11. The van der Waals surface area contributed by atoms with Crippen LogP contribution in [0.25, 0.3) is 10.9 Å². The first kappa shape index (κ1) is 42.1. The van der Waals surface area contributed by atoms with E-state index in [1.54, 1.807) is 25.3 Å². The van der Waals surface area contributed by atoms with Crippen LogP contribution in [0.3, 0.4) is 0 Å². The molecular weight excluding hydrogens is 793 g/mol. The summed E-state index contributed by atoms with van der Waals surface area (Å²) < 4.78 is 72.9. The second kappa shape index (κ2) is 16.9. The van der Waals surface area contributed by atoms with Gasteiger partial charge in [0.2, 0.25) is 27.7 Å². The molecule has 0 unspecified atom stereocenters. The van der Waals surface area contributed by atoms with E-state index in [4.69, 9.17) is 19.2 Å². The number of aromatic nitrogens is 1. The average molecular weight is 844 g/mol. The number of ether oxygens (including phenoxy) is 3. The van der Waals surface area contributed by atoms with Gasteiger partial charge in [-0.15, -0.1) is 0 Å². The second-order valence-electron chi connectivity index (χ2n) is 16.2. The van der Waals surface area contributed by atoms with Crippen LogP contribution in [0.1, 0.15) is 83.6 Å². The van der Waals surface area contributed by atoms with Crippen molar-refractivity contribution in [2.45, 2.75) is 127 Å². The fourth-order valence-electron chi connectivity index (χ4n) is 8.02. The molecule has 7 rings (SSSR count). The summed E-state index contributed by atoms with van der Waals surface area (Å²) in [5.41, 5.74) is -0.417. The lowest BCUT2D eigenvalue weighted by molar-refractivity contribution is -0.142. The summed E-state index contributed by atoms with van der Waals surface area (Å²) in [4.78, 5) is 62.5. The van der Waals surface area contributed by atoms with Crippen LogP contribution in [-0.2, 0) is 29.2 Å². The number of benzene rings is 1. The summed E-state index contributed by atoms with van der Waals surface area (Å²) in [7, 11) is -2.40. The van der Waals surface area contributed by atoms with E-state index in [1.807, 2.05) is 32.9 Å². The molecule has 320 valence electrons. The van der Waals surface area contributed by atoms with Gasteiger partial charge < -0.3 is 29.7 Å². The van der Waals surface area contributed by atoms with E-state index < -0.39 is 75.1 Å². The Kier molecular flexibility index (Phi) is 12.0. The number of fused-ring (bicyclic) bond motifs is 3. The Bertz CT molecular complexity index is 2170. The SMILES string of the molecule is COc1ccc2c(O[C@@H]3C[C@H]4C(=O)N[C@]5(C(=O)NS(=O)(=O)C6CC6)C[C@H]5/C=C\CCCCC[C@H](NC(=O)C5=NN(C(F)F)CC5)C(=O)N4C3)cc(OC(C)C)nc2c1C. The minimum atomic E-state index is -3.95. The second-order valence-corrected chi connectivity index (χ2v) is 18.1. The average Bonchev–Trinajstić information content (AvgIpc) is 4.06. The molecule has 1 aromatic carbocycles. The first-order valence-corrected chi connectivity index (χ1v) is 21.7. The molecular formula is C40H51F2N7O9S. The number of halogens is 2. The van der Waals surface area contributed by atoms with E-state index in [2.05, 4.69) is 20.5 Å². The monoisotopic (exact) mass is 843 g/mol. The van der Waals surface area contributed by atoms with Crippen LogP contribution in [0.2, 0.25) is 0 Å². The van der Waals surface area contributed by atoms with Gasteiger partial charge >= 0.3 is 6.55 Å². The van der Waals surface area contributed by atoms with E-state index in [9.17, 15) is 36.4 Å². The number of amides is 4. The molecule has 0 spiro atoms. The number of nitrogens with one attached hydrogen (secondary N) is 3. The van der Waals surface area contributed by atoms with Gasteiger partial charge in [0.15, 0.2) is 0 Å². The molecule has 5 atom stereocenters. The summed E-state index contributed by atoms with van der Waals surface area (Å²) in [6.45, 7) is 2.41. The molecule has 2 aliphatic carbocycles. The summed E-state index contributed by atoms with van der Waals surface area (Å²) in [5, 5.41) is 9.79. The number of alkyl halides is 2. The van der Waals surface area contributed by atoms with Gasteiger partial charge in [-0.1, -0.05) is 25.0 Å². The van der Waals surface area contributed by atoms with Crippen LogP contribution in [-0.4, -0.2) is 114 Å². The Morgan fingerprint density at radius 3 is 2.56 bits per heavy atom. The van der Waals surface area contributed by atoms with Crippen molar-refractivity contribution in [2.75, 3.05) is 20.2 Å². The van der Waals surface area contributed by atoms with Crippen LogP contribution in [0.4, 0.5) is 8.78 Å². The van der Waals surface area contributed by atoms with E-state index in [0.717, 1.165) is 5.56 Å². The maximum atomic E-state index is 14.7. The van der Waals surface area contributed by atoms with Gasteiger partial charge in [0, 0.05) is 42.3 Å². The van der Waals surface area contributed by atoms with Gasteiger partial charge in [-0.05, 0) is 71.4 Å². The number of allylic oxidation sites excluding steroid dienone is 1. The molecule has 4 amide bonds. The van der Waals surface area contributed by atoms with Crippen molar-refractivity contribution < 1.29 is 50.6 Å². The van der Waals surface area contributed by atoms with E-state index in [1.165, 1.54) is 4.90 Å². The molecule has 59 heavy (non-hydrogen) atoms. The Morgan fingerprint density at radius 1 is 1.08 bits per heavy atom. The summed E-state index contributed by atoms with van der Waals surface area (Å²) in [6.07, 6.45) is 6.38. The molecule has 3 N–H and O–H groups in total. The van der Waals surface area contributed by atoms with Gasteiger partial charge in [-0.3, -0.25) is 23.9 Å². The first-order chi connectivity index (χ1) is 28.1. The molecule has 3 fully saturated rings. The zero-order chi connectivity index (χ0) is 42.2. The quantitative estimate of drug-likeness (QED) is 0.221. The molecule has 2 saturated carbocycles. The standard InChI is InChI=1S/C40H51F2N7O9S/c1-22(2)57-33-19-32(27-14-15-31(56-4)23(3)34(27)44-33)58-25-18-30-36(51)45-40(38(53)47-59(54,55)26-12-13-26)20-24(40)10-8-6-5-7-9-11-29(37(52)48(30)21-25)43-35(50)28-16-17-49(46-28)39(41)42/h8,10,14-15,19,22,24-26,29-30,39H,5-7,9,11-13,16-18,20-21H2,1-4H3,(H,43,50)(H,45,51)(H,47,53)/b10-8-/t24-,25-,29+,30+,40-/m1/s1. The third-order valence-corrected chi connectivity index (χ3v) is 13.3. The predicted octanol–water partition coefficient (Wildman–Crippen LogP) is 3.46. The van der Waals surface area contributed by atoms with Gasteiger partial charge in [0.25, 0.3) is 11.8 Å². The van der Waals surface area contributed by atoms with Crippen molar-refractivity contribution in [3.05, 3.63) is 35.9 Å². The van der Waals surface area contributed by atoms with Crippen molar-refractivity contribution >= 4 is 50.3 Å². The normalized spacial score (nSPS) is 26.9. The van der Waals surface area contributed by atoms with Gasteiger partial charge in [0.05, 0.1) is 30.5 Å². The lowest BCUT2D eigenvalue weighted by Gasteiger charge is -2.30. The lowest BCUT2D eigenvalue weighted by atomic mass is 10.0. The first-order valence-electron chi connectivity index (χ1n) is 20.2. The van der Waals surface area contributed by atoms with Gasteiger partial charge in [-0.2, -0.15) is 13.9 Å². The van der Waals surface area contributed by atoms with Crippen LogP contribution >= 0.6 is 0 Å². The third-order valence-electron chi connectivity index (χ3n) is 11.5. The van der Waals surface area contributed by atoms with E-state index >= 15 is 0 Å². The molecule has 1 saturated heterocycles. The number of nitrogens with zero attached hydrogens (tertiary/aromatic N) is 4. The maximum Gasteiger partial charge on any atom is 0.329 e. The Morgan fingerprint density at radius 2 is 1.86 bits per heavy atom. The number of aryl methyl sites for hydroxylation is 1. The minimum absolute atomic E-state index is 0.0355. The largest absolute Gasteiger partial charge is 0.496 e. The van der Waals surface area contributed by atoms with E-state index in [-0.39, 0.29) is 56.5 Å². The van der Waals surface area contributed by atoms with Gasteiger partial charge in [0.1, 0.15) is 40.9 Å². The molecule has 5 aliphatic rings. The number of hydrazone groups is 1. The highest BCUT2D eigenvalue weighted by Crippen LogP contribution is 2.46. The van der Waals surface area contributed by atoms with Crippen LogP contribution in [0, 0.1) is 12.8 Å². The molecule has 0 bridgehead atoms. The van der Waals surface area contributed by atoms with Crippen molar-refractivity contribution in [1.82, 2.24) is 30.2 Å². The number of hydrogen-bond acceptors (Lipinski definition) is 12. The molecule has 1 aromatic heterocycles. The third kappa shape index (κ3) is 9.09. The Hall–Kier alpha value is -5.07. The van der Waals surface area contributed by atoms with Crippen molar-refractivity contribution in [1.29, 1.82) is 0 Å². The summed E-state index contributed by atoms with van der Waals surface area (Å²) in [5.74, 6) is -2.14. The Labute approximate surface area is 341 Å². The topological polar surface area (TPSA) is 198 Å². The summed E-state index contributed by atoms with van der Waals surface area (Å²) >= 11 is 0. The maximum absolute atomic E-state index is 14.7. The fourth-order valence-corrected chi connectivity index (χ4v) is 9.39. The van der Waals surface area contributed by atoms with Crippen molar-refractivity contribution in [2.24, 2.45) is 11.0 Å². The minimum Gasteiger partial charge on any atom is -0.496 e.